The maximum atomic E-state index is 13.3. The Hall–Kier alpha value is -4.14. The monoisotopic (exact) mass is 472 g/mol. The average molecular weight is 472 g/mol. The minimum absolute atomic E-state index is 0.0536. The molecule has 1 heterocycles. The first-order valence-electron chi connectivity index (χ1n) is 11.5. The zero-order chi connectivity index (χ0) is 24.4. The zero-order valence-corrected chi connectivity index (χ0v) is 18.4. The number of esters is 1. The number of hydrogen-bond acceptors (Lipinski definition) is 7. The molecule has 0 aromatic heterocycles. The van der Waals surface area contributed by atoms with Crippen molar-refractivity contribution in [3.05, 3.63) is 81.9 Å². The van der Waals surface area contributed by atoms with Gasteiger partial charge in [0.05, 0.1) is 28.0 Å². The summed E-state index contributed by atoms with van der Waals surface area (Å²) >= 11 is 0. The maximum absolute atomic E-state index is 13.3. The summed E-state index contributed by atoms with van der Waals surface area (Å²) in [5.74, 6) is -1.34. The molecule has 9 heteroatoms. The Labute approximate surface area is 199 Å². The van der Waals surface area contributed by atoms with E-state index in [2.05, 4.69) is 12.2 Å². The van der Waals surface area contributed by atoms with Crippen molar-refractivity contribution in [2.24, 2.45) is 35.5 Å². The molecule has 9 nitrogen and oxygen atoms in total. The van der Waals surface area contributed by atoms with Gasteiger partial charge in [-0.15, -0.1) is 0 Å². The fourth-order valence-electron chi connectivity index (χ4n) is 6.07. The highest BCUT2D eigenvalue weighted by molar-refractivity contribution is 6.23. The van der Waals surface area contributed by atoms with Gasteiger partial charge in [0.25, 0.3) is 5.69 Å². The average Bonchev–Trinajstić information content (AvgIpc) is 3.65. The van der Waals surface area contributed by atoms with Crippen LogP contribution in [0.5, 0.6) is 0 Å². The number of benzene rings is 2. The molecule has 2 bridgehead atoms. The third-order valence-electron chi connectivity index (χ3n) is 7.72. The lowest BCUT2D eigenvalue weighted by atomic mass is 9.63. The smallest absolute Gasteiger partial charge is 0.338 e. The van der Waals surface area contributed by atoms with E-state index < -0.39 is 23.3 Å². The third-order valence-corrected chi connectivity index (χ3v) is 7.72. The largest absolute Gasteiger partial charge is 0.454 e. The number of nitro groups is 1. The summed E-state index contributed by atoms with van der Waals surface area (Å²) in [6.07, 6.45) is 5.27. The lowest BCUT2D eigenvalue weighted by Crippen LogP contribution is -2.40. The lowest BCUT2D eigenvalue weighted by Gasteiger charge is -2.37. The first kappa shape index (κ1) is 21.4. The minimum Gasteiger partial charge on any atom is -0.454 e. The van der Waals surface area contributed by atoms with Crippen LogP contribution in [0.2, 0.25) is 0 Å². The van der Waals surface area contributed by atoms with Gasteiger partial charge >= 0.3 is 5.97 Å². The van der Waals surface area contributed by atoms with Crippen LogP contribution < -0.4 is 4.90 Å². The highest BCUT2D eigenvalue weighted by Crippen LogP contribution is 2.65. The predicted octanol–water partition coefficient (Wildman–Crippen LogP) is 3.19. The van der Waals surface area contributed by atoms with Crippen LogP contribution in [-0.2, 0) is 14.3 Å². The molecule has 2 amide bonds. The van der Waals surface area contributed by atoms with E-state index in [1.807, 2.05) is 0 Å². The van der Waals surface area contributed by atoms with Crippen LogP contribution in [0.4, 0.5) is 11.4 Å². The van der Waals surface area contributed by atoms with Gasteiger partial charge in [-0.05, 0) is 48.3 Å². The summed E-state index contributed by atoms with van der Waals surface area (Å²) in [4.78, 5) is 63.1. The minimum atomic E-state index is -0.801. The van der Waals surface area contributed by atoms with Crippen molar-refractivity contribution in [3.63, 3.8) is 0 Å². The highest BCUT2D eigenvalue weighted by Gasteiger charge is 2.67. The number of nitro benzene ring substituents is 1. The number of ether oxygens (including phenoxy) is 1. The normalized spacial score (nSPS) is 29.5. The number of carbonyl (C=O) groups excluding carboxylic acids is 4. The van der Waals surface area contributed by atoms with Crippen LogP contribution in [0, 0.1) is 45.6 Å². The number of hydrogen-bond donors (Lipinski definition) is 0. The first-order chi connectivity index (χ1) is 16.8. The van der Waals surface area contributed by atoms with Crippen molar-refractivity contribution >= 4 is 34.9 Å². The number of amides is 2. The van der Waals surface area contributed by atoms with Crippen LogP contribution in [0.15, 0.2) is 60.7 Å². The number of imide groups is 1. The molecule has 3 fully saturated rings. The summed E-state index contributed by atoms with van der Waals surface area (Å²) in [7, 11) is 0. The van der Waals surface area contributed by atoms with E-state index in [0.717, 1.165) is 12.5 Å². The van der Waals surface area contributed by atoms with Gasteiger partial charge in [0, 0.05) is 17.7 Å². The molecule has 5 aliphatic rings. The summed E-state index contributed by atoms with van der Waals surface area (Å²) in [6, 6.07) is 11.2. The molecule has 2 saturated carbocycles. The SMILES string of the molecule is O=C(COC(=O)c1cccc(N2C(=O)[C@@H]3[C@@H]4C=C[C@H]([C@H]5C[C@H]45)[C@@H]3C2=O)c1)c1cccc([N+](=O)[O-])c1. The molecule has 0 radical (unpaired) electrons. The highest BCUT2D eigenvalue weighted by atomic mass is 16.6. The molecule has 7 rings (SSSR count). The molecule has 0 spiro atoms. The molecule has 6 atom stereocenters. The molecular formula is C26H20N2O7. The van der Waals surface area contributed by atoms with Gasteiger partial charge in [0.1, 0.15) is 0 Å². The summed E-state index contributed by atoms with van der Waals surface area (Å²) in [6.45, 7) is -0.603. The summed E-state index contributed by atoms with van der Waals surface area (Å²) in [5.41, 5.74) is 0.213. The van der Waals surface area contributed by atoms with Gasteiger partial charge in [-0.25, -0.2) is 9.69 Å². The van der Waals surface area contributed by atoms with E-state index in [4.69, 9.17) is 4.74 Å². The first-order valence-corrected chi connectivity index (χ1v) is 11.5. The van der Waals surface area contributed by atoms with Crippen molar-refractivity contribution < 1.29 is 28.8 Å². The van der Waals surface area contributed by atoms with E-state index in [0.29, 0.717) is 17.5 Å². The maximum Gasteiger partial charge on any atom is 0.338 e. The number of nitrogens with zero attached hydrogens (tertiary/aromatic N) is 2. The fraction of sp³-hybridized carbons (Fsp3) is 0.308. The Morgan fingerprint density at radius 3 is 2.23 bits per heavy atom. The van der Waals surface area contributed by atoms with Crippen LogP contribution >= 0.6 is 0 Å². The molecular weight excluding hydrogens is 452 g/mol. The Bertz CT molecular complexity index is 1310. The van der Waals surface area contributed by atoms with Crippen molar-refractivity contribution in [1.82, 2.24) is 0 Å². The van der Waals surface area contributed by atoms with Gasteiger partial charge in [-0.1, -0.05) is 30.4 Å². The van der Waals surface area contributed by atoms with E-state index in [9.17, 15) is 29.3 Å². The van der Waals surface area contributed by atoms with Crippen LogP contribution in [-0.4, -0.2) is 35.1 Å². The van der Waals surface area contributed by atoms with Crippen LogP contribution in [0.3, 0.4) is 0 Å². The molecule has 0 unspecified atom stereocenters. The zero-order valence-electron chi connectivity index (χ0n) is 18.4. The van der Waals surface area contributed by atoms with Crippen molar-refractivity contribution in [2.45, 2.75) is 6.42 Å². The number of allylic oxidation sites excluding steroid dienone is 2. The number of anilines is 1. The number of carbonyl (C=O) groups is 4. The van der Waals surface area contributed by atoms with Gasteiger partial charge in [-0.2, -0.15) is 0 Å². The van der Waals surface area contributed by atoms with E-state index >= 15 is 0 Å². The number of rotatable bonds is 6. The van der Waals surface area contributed by atoms with Gasteiger partial charge in [-0.3, -0.25) is 24.5 Å². The van der Waals surface area contributed by atoms with Crippen molar-refractivity contribution in [3.8, 4) is 0 Å². The van der Waals surface area contributed by atoms with E-state index in [-0.39, 0.29) is 52.3 Å². The Morgan fingerprint density at radius 2 is 1.57 bits per heavy atom. The van der Waals surface area contributed by atoms with Crippen LogP contribution in [0.1, 0.15) is 27.1 Å². The Balaban J connectivity index is 1.17. The molecule has 2 aromatic rings. The van der Waals surface area contributed by atoms with Crippen molar-refractivity contribution in [1.29, 1.82) is 0 Å². The third kappa shape index (κ3) is 3.30. The summed E-state index contributed by atoms with van der Waals surface area (Å²) in [5, 5.41) is 10.9. The standard InChI is InChI=1S/C26H20N2O7/c29-21(13-3-1-6-16(9-13)28(33)34)12-35-26(32)14-4-2-5-15(10-14)27-24(30)22-17-7-8-18(20-11-19(17)20)23(22)25(27)31/h1-10,17-20,22-23H,11-12H2/t17-,18-,19-,20-,22-,23+/m1/s1. The lowest BCUT2D eigenvalue weighted by molar-refractivity contribution is -0.384. The van der Waals surface area contributed by atoms with E-state index in [1.54, 1.807) is 12.1 Å². The predicted molar refractivity (Wildman–Crippen MR) is 121 cm³/mol. The second kappa shape index (κ2) is 7.69. The molecule has 176 valence electrons. The molecule has 1 aliphatic heterocycles. The van der Waals surface area contributed by atoms with Gasteiger partial charge in [0.2, 0.25) is 17.6 Å². The number of non-ortho nitro benzene ring substituents is 1. The van der Waals surface area contributed by atoms with Gasteiger partial charge < -0.3 is 4.74 Å². The number of ketones is 1. The molecule has 35 heavy (non-hydrogen) atoms. The summed E-state index contributed by atoms with van der Waals surface area (Å²) < 4.78 is 5.12. The van der Waals surface area contributed by atoms with E-state index in [1.165, 1.54) is 35.2 Å². The molecule has 2 aromatic carbocycles. The van der Waals surface area contributed by atoms with Crippen LogP contribution in [0.25, 0.3) is 0 Å². The topological polar surface area (TPSA) is 124 Å². The Morgan fingerprint density at radius 1 is 0.943 bits per heavy atom. The Kier molecular flexibility index (Phi) is 4.70. The van der Waals surface area contributed by atoms with Crippen molar-refractivity contribution in [2.75, 3.05) is 11.5 Å². The van der Waals surface area contributed by atoms with Gasteiger partial charge in [0.15, 0.2) is 6.61 Å². The second-order valence-electron chi connectivity index (χ2n) is 9.52. The second-order valence-corrected chi connectivity index (χ2v) is 9.52. The molecule has 1 saturated heterocycles. The molecule has 4 aliphatic carbocycles. The molecule has 0 N–H and O–H groups in total. The number of Topliss-reactive ketones (excluding diaryl/α,β-unsaturated/α-hetero) is 1. The quantitative estimate of drug-likeness (QED) is 0.158. The fourth-order valence-corrected chi connectivity index (χ4v) is 6.07.